The summed E-state index contributed by atoms with van der Waals surface area (Å²) in [6.07, 6.45) is 2.11. The summed E-state index contributed by atoms with van der Waals surface area (Å²) in [5.74, 6) is -0.365. The van der Waals surface area contributed by atoms with Gasteiger partial charge >= 0.3 is 5.97 Å². The summed E-state index contributed by atoms with van der Waals surface area (Å²) in [5, 5.41) is 10.8. The van der Waals surface area contributed by atoms with E-state index in [4.69, 9.17) is 0 Å². The molecule has 0 saturated carbocycles. The zero-order valence-corrected chi connectivity index (χ0v) is 13.0. The molecule has 2 aromatic carbocycles. The van der Waals surface area contributed by atoms with Crippen LogP contribution in [-0.2, 0) is 16.0 Å². The van der Waals surface area contributed by atoms with E-state index in [1.165, 1.54) is 19.3 Å². The molecule has 5 heteroatoms. The van der Waals surface area contributed by atoms with Crippen molar-refractivity contribution in [3.8, 4) is 11.1 Å². The van der Waals surface area contributed by atoms with Crippen LogP contribution in [0.25, 0.3) is 11.1 Å². The maximum absolute atomic E-state index is 11.2. The molecule has 0 atom stereocenters. The van der Waals surface area contributed by atoms with Crippen LogP contribution >= 0.6 is 0 Å². The smallest absolute Gasteiger partial charge is 0.330 e. The van der Waals surface area contributed by atoms with Gasteiger partial charge in [-0.05, 0) is 30.0 Å². The van der Waals surface area contributed by atoms with Crippen LogP contribution in [0.15, 0.2) is 60.2 Å². The lowest BCUT2D eigenvalue weighted by atomic mass is 10.0. The molecular formula is C18H17NO4. The van der Waals surface area contributed by atoms with Gasteiger partial charge in [-0.15, -0.1) is 0 Å². The average molecular weight is 311 g/mol. The molecule has 23 heavy (non-hydrogen) atoms. The maximum atomic E-state index is 11.2. The Labute approximate surface area is 134 Å². The number of esters is 1. The minimum Gasteiger partial charge on any atom is -0.466 e. The van der Waals surface area contributed by atoms with Crippen molar-refractivity contribution in [2.75, 3.05) is 7.11 Å². The van der Waals surface area contributed by atoms with Crippen molar-refractivity contribution < 1.29 is 14.5 Å². The molecule has 0 heterocycles. The Kier molecular flexibility index (Phi) is 5.25. The molecule has 0 aliphatic carbocycles. The predicted octanol–water partition coefficient (Wildman–Crippen LogP) is 3.92. The molecule has 0 aliphatic rings. The fourth-order valence-electron chi connectivity index (χ4n) is 2.25. The lowest BCUT2D eigenvalue weighted by Crippen LogP contribution is -1.97. The number of hydrogen-bond acceptors (Lipinski definition) is 4. The van der Waals surface area contributed by atoms with E-state index in [0.717, 1.165) is 22.3 Å². The van der Waals surface area contributed by atoms with Crippen molar-refractivity contribution >= 4 is 11.7 Å². The van der Waals surface area contributed by atoms with Crippen molar-refractivity contribution in [1.29, 1.82) is 0 Å². The molecule has 0 amide bonds. The Morgan fingerprint density at radius 3 is 2.48 bits per heavy atom. The van der Waals surface area contributed by atoms with Gasteiger partial charge in [-0.2, -0.15) is 0 Å². The summed E-state index contributed by atoms with van der Waals surface area (Å²) in [5.41, 5.74) is 3.74. The lowest BCUT2D eigenvalue weighted by Gasteiger charge is -2.05. The molecule has 0 bridgehead atoms. The van der Waals surface area contributed by atoms with E-state index in [1.54, 1.807) is 12.1 Å². The highest BCUT2D eigenvalue weighted by atomic mass is 16.6. The third-order valence-corrected chi connectivity index (χ3v) is 3.39. The van der Waals surface area contributed by atoms with Crippen LogP contribution in [0, 0.1) is 10.1 Å². The number of carbonyl (C=O) groups excluding carboxylic acids is 1. The largest absolute Gasteiger partial charge is 0.466 e. The highest BCUT2D eigenvalue weighted by Gasteiger charge is 2.07. The summed E-state index contributed by atoms with van der Waals surface area (Å²) >= 11 is 0. The molecule has 0 radical (unpaired) electrons. The van der Waals surface area contributed by atoms with E-state index in [9.17, 15) is 14.9 Å². The molecular weight excluding hydrogens is 294 g/mol. The maximum Gasteiger partial charge on any atom is 0.330 e. The monoisotopic (exact) mass is 311 g/mol. The first-order chi connectivity index (χ1) is 11.0. The molecule has 0 unspecified atom stereocenters. The van der Waals surface area contributed by atoms with Gasteiger partial charge < -0.3 is 4.74 Å². The molecule has 2 rings (SSSR count). The average Bonchev–Trinajstić information content (AvgIpc) is 2.55. The van der Waals surface area contributed by atoms with Crippen LogP contribution in [-0.4, -0.2) is 18.0 Å². The summed E-state index contributed by atoms with van der Waals surface area (Å²) in [6, 6.07) is 14.3. The van der Waals surface area contributed by atoms with Crippen LogP contribution in [0.1, 0.15) is 12.5 Å². The Balaban J connectivity index is 2.16. The number of carbonyl (C=O) groups is 1. The first-order valence-corrected chi connectivity index (χ1v) is 7.08. The van der Waals surface area contributed by atoms with Gasteiger partial charge in [0.1, 0.15) is 0 Å². The molecule has 2 aromatic rings. The first-order valence-electron chi connectivity index (χ1n) is 7.08. The molecule has 0 spiro atoms. The normalized spacial score (nSPS) is 11.1. The Hall–Kier alpha value is -2.95. The number of nitro benzene ring substituents is 1. The van der Waals surface area contributed by atoms with Gasteiger partial charge in [0.2, 0.25) is 0 Å². The second kappa shape index (κ2) is 7.35. The topological polar surface area (TPSA) is 69.4 Å². The zero-order chi connectivity index (χ0) is 16.8. The molecule has 0 N–H and O–H groups in total. The van der Waals surface area contributed by atoms with E-state index < -0.39 is 4.92 Å². The van der Waals surface area contributed by atoms with Gasteiger partial charge in [0.05, 0.1) is 12.0 Å². The van der Waals surface area contributed by atoms with Gasteiger partial charge in [0, 0.05) is 18.2 Å². The number of nitro groups is 1. The molecule has 0 fully saturated rings. The van der Waals surface area contributed by atoms with Gasteiger partial charge in [-0.3, -0.25) is 10.1 Å². The number of methoxy groups -OCH3 is 1. The fourth-order valence-corrected chi connectivity index (χ4v) is 2.25. The minimum atomic E-state index is -0.404. The summed E-state index contributed by atoms with van der Waals surface area (Å²) in [4.78, 5) is 21.6. The van der Waals surface area contributed by atoms with Crippen LogP contribution in [0.3, 0.4) is 0 Å². The van der Waals surface area contributed by atoms with Crippen molar-refractivity contribution in [2.45, 2.75) is 13.3 Å². The van der Waals surface area contributed by atoms with Crippen LogP contribution in [0.4, 0.5) is 5.69 Å². The number of allylic oxidation sites excluding steroid dienone is 1. The molecule has 0 saturated heterocycles. The van der Waals surface area contributed by atoms with Crippen LogP contribution < -0.4 is 0 Å². The third kappa shape index (κ3) is 4.51. The van der Waals surface area contributed by atoms with Crippen LogP contribution in [0.2, 0.25) is 0 Å². The Morgan fingerprint density at radius 1 is 1.17 bits per heavy atom. The van der Waals surface area contributed by atoms with Crippen molar-refractivity contribution in [3.63, 3.8) is 0 Å². The number of hydrogen-bond donors (Lipinski definition) is 0. The Bertz CT molecular complexity index is 748. The number of non-ortho nitro benzene ring substituents is 1. The highest BCUT2D eigenvalue weighted by molar-refractivity contribution is 5.82. The van der Waals surface area contributed by atoms with Gasteiger partial charge in [0.15, 0.2) is 0 Å². The van der Waals surface area contributed by atoms with E-state index in [1.807, 2.05) is 37.3 Å². The van der Waals surface area contributed by atoms with Crippen molar-refractivity contribution in [3.05, 3.63) is 75.9 Å². The second-order valence-corrected chi connectivity index (χ2v) is 5.19. The van der Waals surface area contributed by atoms with Gasteiger partial charge in [-0.1, -0.05) is 42.0 Å². The molecule has 118 valence electrons. The van der Waals surface area contributed by atoms with E-state index in [-0.39, 0.29) is 11.7 Å². The minimum absolute atomic E-state index is 0.0726. The SMILES string of the molecule is COC(=O)/C=C(\C)Cc1ccc(-c2cccc([N+](=O)[O-])c2)cc1. The van der Waals surface area contributed by atoms with Crippen LogP contribution in [0.5, 0.6) is 0 Å². The first kappa shape index (κ1) is 16.4. The predicted molar refractivity (Wildman–Crippen MR) is 88.0 cm³/mol. The summed E-state index contributed by atoms with van der Waals surface area (Å²) in [7, 11) is 1.35. The van der Waals surface area contributed by atoms with Gasteiger partial charge in [0.25, 0.3) is 5.69 Å². The van der Waals surface area contributed by atoms with E-state index in [0.29, 0.717) is 6.42 Å². The number of rotatable bonds is 5. The summed E-state index contributed by atoms with van der Waals surface area (Å²) < 4.78 is 4.60. The molecule has 0 aromatic heterocycles. The molecule has 0 aliphatic heterocycles. The molecule has 5 nitrogen and oxygen atoms in total. The van der Waals surface area contributed by atoms with Crippen molar-refractivity contribution in [1.82, 2.24) is 0 Å². The van der Waals surface area contributed by atoms with E-state index >= 15 is 0 Å². The summed E-state index contributed by atoms with van der Waals surface area (Å²) in [6.45, 7) is 1.87. The van der Waals surface area contributed by atoms with E-state index in [2.05, 4.69) is 4.74 Å². The number of nitrogens with zero attached hydrogens (tertiary/aromatic N) is 1. The standard InChI is InChI=1S/C18H17NO4/c1-13(11-18(20)23-2)10-14-6-8-15(9-7-14)16-4-3-5-17(12-16)19(21)22/h3-9,11-12H,10H2,1-2H3/b13-11+. The Morgan fingerprint density at radius 2 is 1.87 bits per heavy atom. The quantitative estimate of drug-likeness (QED) is 0.363. The third-order valence-electron chi connectivity index (χ3n) is 3.39. The lowest BCUT2D eigenvalue weighted by molar-refractivity contribution is -0.384. The van der Waals surface area contributed by atoms with Crippen molar-refractivity contribution in [2.24, 2.45) is 0 Å². The number of benzene rings is 2. The number of ether oxygens (including phenoxy) is 1. The fraction of sp³-hybridized carbons (Fsp3) is 0.167. The van der Waals surface area contributed by atoms with Gasteiger partial charge in [-0.25, -0.2) is 4.79 Å². The highest BCUT2D eigenvalue weighted by Crippen LogP contribution is 2.24. The second-order valence-electron chi connectivity index (χ2n) is 5.19. The zero-order valence-electron chi connectivity index (χ0n) is 13.0.